The summed E-state index contributed by atoms with van der Waals surface area (Å²) in [5.74, 6) is 1.05. The van der Waals surface area contributed by atoms with Crippen molar-refractivity contribution >= 4 is 5.91 Å². The summed E-state index contributed by atoms with van der Waals surface area (Å²) in [6, 6.07) is 12.6. The number of ether oxygens (including phenoxy) is 1. The van der Waals surface area contributed by atoms with Crippen LogP contribution in [0.1, 0.15) is 54.9 Å². The molecule has 2 atom stereocenters. The first-order valence-electron chi connectivity index (χ1n) is 9.73. The monoisotopic (exact) mass is 350 g/mol. The number of carbonyl (C=O) groups excluding carboxylic acids is 1. The molecule has 26 heavy (non-hydrogen) atoms. The van der Waals surface area contributed by atoms with Gasteiger partial charge in [0.1, 0.15) is 11.9 Å². The van der Waals surface area contributed by atoms with E-state index in [-0.39, 0.29) is 12.0 Å². The molecular formula is C22H26N2O2. The first-order chi connectivity index (χ1) is 12.7. The third-order valence-electron chi connectivity index (χ3n) is 5.62. The highest BCUT2D eigenvalue weighted by atomic mass is 16.5. The van der Waals surface area contributed by atoms with E-state index in [0.29, 0.717) is 12.1 Å². The third-order valence-corrected chi connectivity index (χ3v) is 5.62. The van der Waals surface area contributed by atoms with Crippen LogP contribution in [0.4, 0.5) is 0 Å². The minimum Gasteiger partial charge on any atom is -0.490 e. The zero-order chi connectivity index (χ0) is 17.9. The van der Waals surface area contributed by atoms with Gasteiger partial charge in [-0.25, -0.2) is 0 Å². The third kappa shape index (κ3) is 3.46. The lowest BCUT2D eigenvalue weighted by Gasteiger charge is -2.39. The number of benzene rings is 1. The van der Waals surface area contributed by atoms with E-state index in [9.17, 15) is 4.79 Å². The zero-order valence-electron chi connectivity index (χ0n) is 15.3. The standard InChI is InChI=1S/C22H26N2O2/c1-2-3-16-4-6-17(7-5-16)22(25)24-18-8-9-19(24)15-21(14-18)26-20-10-12-23-13-11-20/h4-7,10-13,18-19,21H,2-3,8-9,14-15H2,1H3. The molecule has 2 unspecified atom stereocenters. The van der Waals surface area contributed by atoms with Crippen LogP contribution in [0, 0.1) is 0 Å². The molecule has 2 aliphatic heterocycles. The second-order valence-electron chi connectivity index (χ2n) is 7.44. The van der Waals surface area contributed by atoms with E-state index >= 15 is 0 Å². The van der Waals surface area contributed by atoms with E-state index < -0.39 is 0 Å². The van der Waals surface area contributed by atoms with Crippen LogP contribution in [0.2, 0.25) is 0 Å². The number of hydrogen-bond donors (Lipinski definition) is 0. The van der Waals surface area contributed by atoms with Gasteiger partial charge in [0.2, 0.25) is 0 Å². The summed E-state index contributed by atoms with van der Waals surface area (Å²) >= 11 is 0. The van der Waals surface area contributed by atoms with Gasteiger partial charge >= 0.3 is 0 Å². The molecule has 1 aromatic carbocycles. The molecule has 0 radical (unpaired) electrons. The van der Waals surface area contributed by atoms with Crippen LogP contribution >= 0.6 is 0 Å². The Balaban J connectivity index is 1.43. The summed E-state index contributed by atoms with van der Waals surface area (Å²) in [6.07, 6.45) is 9.89. The van der Waals surface area contributed by atoms with E-state index in [1.807, 2.05) is 24.3 Å². The number of carbonyl (C=O) groups is 1. The molecule has 2 aliphatic rings. The predicted octanol–water partition coefficient (Wildman–Crippen LogP) is 4.25. The number of aryl methyl sites for hydroxylation is 1. The van der Waals surface area contributed by atoms with E-state index in [2.05, 4.69) is 28.9 Å². The Bertz CT molecular complexity index is 730. The highest BCUT2D eigenvalue weighted by Crippen LogP contribution is 2.38. The maximum Gasteiger partial charge on any atom is 0.254 e. The van der Waals surface area contributed by atoms with E-state index in [1.165, 1.54) is 5.56 Å². The lowest BCUT2D eigenvalue weighted by Crippen LogP contribution is -2.49. The molecule has 2 bridgehead atoms. The molecule has 2 saturated heterocycles. The van der Waals surface area contributed by atoms with Crippen molar-refractivity contribution in [1.82, 2.24) is 9.88 Å². The first-order valence-corrected chi connectivity index (χ1v) is 9.73. The van der Waals surface area contributed by atoms with Gasteiger partial charge in [0, 0.05) is 42.9 Å². The van der Waals surface area contributed by atoms with Gasteiger partial charge in [-0.05, 0) is 49.1 Å². The van der Waals surface area contributed by atoms with Crippen LogP contribution in [0.3, 0.4) is 0 Å². The van der Waals surface area contributed by atoms with Crippen molar-refractivity contribution in [2.45, 2.75) is 63.6 Å². The van der Waals surface area contributed by atoms with Crippen molar-refractivity contribution in [2.75, 3.05) is 0 Å². The normalized spacial score (nSPS) is 24.5. The average molecular weight is 350 g/mol. The maximum absolute atomic E-state index is 13.1. The van der Waals surface area contributed by atoms with Gasteiger partial charge in [-0.15, -0.1) is 0 Å². The van der Waals surface area contributed by atoms with Crippen molar-refractivity contribution in [3.8, 4) is 5.75 Å². The second-order valence-corrected chi connectivity index (χ2v) is 7.44. The Morgan fingerprint density at radius 1 is 1.08 bits per heavy atom. The number of nitrogens with zero attached hydrogens (tertiary/aromatic N) is 2. The minimum atomic E-state index is 0.183. The van der Waals surface area contributed by atoms with Crippen LogP contribution in [-0.4, -0.2) is 34.0 Å². The molecule has 0 N–H and O–H groups in total. The topological polar surface area (TPSA) is 42.4 Å². The Morgan fingerprint density at radius 3 is 2.35 bits per heavy atom. The Kier molecular flexibility index (Phi) is 4.91. The lowest BCUT2D eigenvalue weighted by atomic mass is 9.98. The van der Waals surface area contributed by atoms with Crippen LogP contribution in [0.25, 0.3) is 0 Å². The molecule has 0 aliphatic carbocycles. The molecule has 3 heterocycles. The number of hydrogen-bond acceptors (Lipinski definition) is 3. The van der Waals surface area contributed by atoms with Crippen molar-refractivity contribution < 1.29 is 9.53 Å². The summed E-state index contributed by atoms with van der Waals surface area (Å²) in [7, 11) is 0. The average Bonchev–Trinajstić information content (AvgIpc) is 2.93. The lowest BCUT2D eigenvalue weighted by molar-refractivity contribution is 0.0359. The summed E-state index contributed by atoms with van der Waals surface area (Å²) in [5, 5.41) is 0. The Labute approximate surface area is 155 Å². The molecule has 4 rings (SSSR count). The minimum absolute atomic E-state index is 0.183. The number of rotatable bonds is 5. The summed E-state index contributed by atoms with van der Waals surface area (Å²) < 4.78 is 6.13. The SMILES string of the molecule is CCCc1ccc(C(=O)N2C3CCC2CC(Oc2ccncc2)C3)cc1. The Morgan fingerprint density at radius 2 is 1.73 bits per heavy atom. The summed E-state index contributed by atoms with van der Waals surface area (Å²) in [5.41, 5.74) is 2.12. The van der Waals surface area contributed by atoms with Crippen molar-refractivity contribution in [2.24, 2.45) is 0 Å². The highest BCUT2D eigenvalue weighted by Gasteiger charge is 2.44. The fourth-order valence-corrected chi connectivity index (χ4v) is 4.42. The fourth-order valence-electron chi connectivity index (χ4n) is 4.42. The number of pyridine rings is 1. The quantitative estimate of drug-likeness (QED) is 0.810. The summed E-state index contributed by atoms with van der Waals surface area (Å²) in [6.45, 7) is 2.18. The van der Waals surface area contributed by atoms with Crippen LogP contribution in [0.15, 0.2) is 48.8 Å². The van der Waals surface area contributed by atoms with Gasteiger partial charge in [-0.2, -0.15) is 0 Å². The largest absolute Gasteiger partial charge is 0.490 e. The molecule has 4 nitrogen and oxygen atoms in total. The maximum atomic E-state index is 13.1. The van der Waals surface area contributed by atoms with E-state index in [1.54, 1.807) is 12.4 Å². The fraction of sp³-hybridized carbons (Fsp3) is 0.455. The van der Waals surface area contributed by atoms with E-state index in [0.717, 1.165) is 49.8 Å². The molecular weight excluding hydrogens is 324 g/mol. The van der Waals surface area contributed by atoms with Crippen LogP contribution in [-0.2, 0) is 6.42 Å². The van der Waals surface area contributed by atoms with E-state index in [4.69, 9.17) is 4.74 Å². The second kappa shape index (κ2) is 7.48. The first kappa shape index (κ1) is 17.1. The number of piperidine rings is 1. The smallest absolute Gasteiger partial charge is 0.254 e. The molecule has 1 amide bonds. The van der Waals surface area contributed by atoms with Crippen molar-refractivity contribution in [3.05, 3.63) is 59.9 Å². The molecule has 2 fully saturated rings. The highest BCUT2D eigenvalue weighted by molar-refractivity contribution is 5.95. The van der Waals surface area contributed by atoms with Crippen molar-refractivity contribution in [3.63, 3.8) is 0 Å². The van der Waals surface area contributed by atoms with Crippen LogP contribution in [0.5, 0.6) is 5.75 Å². The predicted molar refractivity (Wildman–Crippen MR) is 101 cm³/mol. The molecule has 4 heteroatoms. The van der Waals surface area contributed by atoms with Gasteiger partial charge in [-0.3, -0.25) is 9.78 Å². The molecule has 136 valence electrons. The Hall–Kier alpha value is -2.36. The van der Waals surface area contributed by atoms with Crippen LogP contribution < -0.4 is 4.74 Å². The zero-order valence-corrected chi connectivity index (χ0v) is 15.3. The number of fused-ring (bicyclic) bond motifs is 2. The molecule has 1 aromatic heterocycles. The number of amides is 1. The molecule has 2 aromatic rings. The van der Waals surface area contributed by atoms with Gasteiger partial charge in [0.25, 0.3) is 5.91 Å². The van der Waals surface area contributed by atoms with Gasteiger partial charge in [0.05, 0.1) is 0 Å². The van der Waals surface area contributed by atoms with Crippen molar-refractivity contribution in [1.29, 1.82) is 0 Å². The molecule has 0 saturated carbocycles. The number of aromatic nitrogens is 1. The van der Waals surface area contributed by atoms with Gasteiger partial charge in [0.15, 0.2) is 0 Å². The van der Waals surface area contributed by atoms with Gasteiger partial charge < -0.3 is 9.64 Å². The van der Waals surface area contributed by atoms with Gasteiger partial charge in [-0.1, -0.05) is 25.5 Å². The summed E-state index contributed by atoms with van der Waals surface area (Å²) in [4.78, 5) is 19.2. The molecule has 0 spiro atoms.